The number of aliphatic carboxylic acids is 1. The Kier molecular flexibility index (Phi) is 5.62. The number of hydrogen-bond acceptors (Lipinski definition) is 3. The molecule has 1 aromatic rings. The van der Waals surface area contributed by atoms with E-state index in [9.17, 15) is 18.2 Å². The fraction of sp³-hybridized carbons (Fsp3) is 0.333. The van der Waals surface area contributed by atoms with Gasteiger partial charge in [-0.1, -0.05) is 6.92 Å². The molecule has 0 heterocycles. The smallest absolute Gasteiger partial charge is 0.307 e. The van der Waals surface area contributed by atoms with Crippen molar-refractivity contribution in [2.75, 3.05) is 16.8 Å². The summed E-state index contributed by atoms with van der Waals surface area (Å²) >= 11 is 0. The van der Waals surface area contributed by atoms with Gasteiger partial charge in [0.05, 0.1) is 5.92 Å². The third-order valence-corrected chi connectivity index (χ3v) is 3.73. The van der Waals surface area contributed by atoms with E-state index in [2.05, 4.69) is 5.32 Å². The van der Waals surface area contributed by atoms with Gasteiger partial charge in [0.15, 0.2) is 0 Å². The summed E-state index contributed by atoms with van der Waals surface area (Å²) in [5, 5.41) is 11.1. The fourth-order valence-corrected chi connectivity index (χ4v) is 2.47. The molecule has 0 radical (unpaired) electrons. The number of carbonyl (C=O) groups is 2. The lowest BCUT2D eigenvalue weighted by Crippen LogP contribution is -2.25. The predicted molar refractivity (Wildman–Crippen MR) is 69.7 cm³/mol. The zero-order chi connectivity index (χ0) is 14.4. The van der Waals surface area contributed by atoms with Gasteiger partial charge in [0, 0.05) is 22.2 Å². The molecule has 0 aliphatic heterocycles. The fourth-order valence-electron chi connectivity index (χ4n) is 1.29. The van der Waals surface area contributed by atoms with E-state index in [1.165, 1.54) is 31.2 Å². The van der Waals surface area contributed by atoms with Crippen LogP contribution in [0.4, 0.5) is 10.1 Å². The molecule has 0 aliphatic carbocycles. The van der Waals surface area contributed by atoms with E-state index >= 15 is 0 Å². The van der Waals surface area contributed by atoms with E-state index in [0.29, 0.717) is 5.69 Å². The molecule has 2 N–H and O–H groups in total. The highest BCUT2D eigenvalue weighted by atomic mass is 32.2. The van der Waals surface area contributed by atoms with Gasteiger partial charge in [-0.15, -0.1) is 0 Å². The largest absolute Gasteiger partial charge is 0.481 e. The highest BCUT2D eigenvalue weighted by molar-refractivity contribution is 7.85. The van der Waals surface area contributed by atoms with Crippen molar-refractivity contribution in [1.29, 1.82) is 0 Å². The van der Waals surface area contributed by atoms with Crippen LogP contribution in [0.2, 0.25) is 0 Å². The third-order valence-electron chi connectivity index (χ3n) is 2.28. The highest BCUT2D eigenvalue weighted by Gasteiger charge is 2.17. The van der Waals surface area contributed by atoms with Gasteiger partial charge in [-0.3, -0.25) is 13.8 Å². The van der Waals surface area contributed by atoms with Gasteiger partial charge in [0.1, 0.15) is 11.6 Å². The lowest BCUT2D eigenvalue weighted by atomic mass is 10.2. The van der Waals surface area contributed by atoms with E-state index in [1.54, 1.807) is 0 Å². The molecule has 0 bridgehead atoms. The van der Waals surface area contributed by atoms with Crippen LogP contribution in [0, 0.1) is 11.7 Å². The molecule has 0 spiro atoms. The SMILES string of the molecule is CC(CS(=O)CC(=O)Nc1ccc(F)cc1)C(=O)O. The number of carbonyl (C=O) groups excluding carboxylic acids is 1. The standard InChI is InChI=1S/C12H14FNO4S/c1-8(12(16)17)6-19(18)7-11(15)14-10-4-2-9(13)3-5-10/h2-5,8H,6-7H2,1H3,(H,14,15)(H,16,17). The maximum atomic E-state index is 12.6. The molecular weight excluding hydrogens is 273 g/mol. The molecule has 1 amide bonds. The molecule has 0 fully saturated rings. The molecule has 104 valence electrons. The summed E-state index contributed by atoms with van der Waals surface area (Å²) in [6.07, 6.45) is 0. The van der Waals surface area contributed by atoms with Gasteiger partial charge >= 0.3 is 5.97 Å². The summed E-state index contributed by atoms with van der Waals surface area (Å²) in [6, 6.07) is 5.16. The molecule has 2 atom stereocenters. The number of anilines is 1. The Balaban J connectivity index is 2.45. The first-order chi connectivity index (χ1) is 8.88. The molecule has 0 aromatic heterocycles. The van der Waals surface area contributed by atoms with Crippen LogP contribution in [-0.4, -0.2) is 32.7 Å². The molecule has 1 rings (SSSR count). The second-order valence-corrected chi connectivity index (χ2v) is 5.55. The predicted octanol–water partition coefficient (Wildman–Crippen LogP) is 1.23. The number of halogens is 1. The van der Waals surface area contributed by atoms with Crippen LogP contribution in [0.15, 0.2) is 24.3 Å². The van der Waals surface area contributed by atoms with E-state index < -0.39 is 34.4 Å². The minimum absolute atomic E-state index is 0.0772. The average Bonchev–Trinajstić information content (AvgIpc) is 2.31. The Bertz CT molecular complexity index is 489. The number of carboxylic acids is 1. The van der Waals surface area contributed by atoms with E-state index in [0.717, 1.165) is 0 Å². The van der Waals surface area contributed by atoms with Gasteiger partial charge in [0.25, 0.3) is 0 Å². The van der Waals surface area contributed by atoms with Crippen molar-refractivity contribution in [2.45, 2.75) is 6.92 Å². The molecule has 2 unspecified atom stereocenters. The van der Waals surface area contributed by atoms with Gasteiger partial charge < -0.3 is 10.4 Å². The zero-order valence-corrected chi connectivity index (χ0v) is 11.1. The molecule has 1 aromatic carbocycles. The van der Waals surface area contributed by atoms with E-state index in [1.807, 2.05) is 0 Å². The number of benzene rings is 1. The first-order valence-corrected chi connectivity index (χ1v) is 7.00. The second-order valence-electron chi connectivity index (χ2n) is 4.05. The average molecular weight is 287 g/mol. The summed E-state index contributed by atoms with van der Waals surface area (Å²) in [4.78, 5) is 22.1. The Morgan fingerprint density at radius 2 is 1.95 bits per heavy atom. The van der Waals surface area contributed by atoms with Gasteiger partial charge in [-0.2, -0.15) is 0 Å². The number of nitrogens with one attached hydrogen (secondary N) is 1. The molecule has 0 saturated carbocycles. The summed E-state index contributed by atoms with van der Waals surface area (Å²) in [7, 11) is -1.55. The summed E-state index contributed by atoms with van der Waals surface area (Å²) in [5.74, 6) is -3.09. The molecular formula is C12H14FNO4S. The number of rotatable bonds is 6. The molecule has 19 heavy (non-hydrogen) atoms. The summed E-state index contributed by atoms with van der Waals surface area (Å²) in [5.41, 5.74) is 0.398. The Morgan fingerprint density at radius 3 is 2.47 bits per heavy atom. The monoisotopic (exact) mass is 287 g/mol. The van der Waals surface area contributed by atoms with Crippen LogP contribution in [-0.2, 0) is 20.4 Å². The summed E-state index contributed by atoms with van der Waals surface area (Å²) in [6.45, 7) is 1.43. The lowest BCUT2D eigenvalue weighted by molar-refractivity contribution is -0.140. The molecule has 5 nitrogen and oxygen atoms in total. The highest BCUT2D eigenvalue weighted by Crippen LogP contribution is 2.08. The lowest BCUT2D eigenvalue weighted by Gasteiger charge is -2.07. The Hall–Kier alpha value is -1.76. The third kappa shape index (κ3) is 5.60. The number of amides is 1. The van der Waals surface area contributed by atoms with Crippen LogP contribution >= 0.6 is 0 Å². The Labute approximate surface area is 112 Å². The van der Waals surface area contributed by atoms with Crippen LogP contribution in [0.25, 0.3) is 0 Å². The molecule has 0 saturated heterocycles. The van der Waals surface area contributed by atoms with Crippen LogP contribution < -0.4 is 5.32 Å². The van der Waals surface area contributed by atoms with Crippen molar-refractivity contribution in [3.05, 3.63) is 30.1 Å². The van der Waals surface area contributed by atoms with Crippen molar-refractivity contribution in [2.24, 2.45) is 5.92 Å². The topological polar surface area (TPSA) is 83.5 Å². The van der Waals surface area contributed by atoms with Gasteiger partial charge in [-0.25, -0.2) is 4.39 Å². The number of hydrogen-bond donors (Lipinski definition) is 2. The minimum Gasteiger partial charge on any atom is -0.481 e. The first-order valence-electron chi connectivity index (χ1n) is 5.51. The van der Waals surface area contributed by atoms with Crippen molar-refractivity contribution in [1.82, 2.24) is 0 Å². The van der Waals surface area contributed by atoms with E-state index in [4.69, 9.17) is 5.11 Å². The van der Waals surface area contributed by atoms with Crippen molar-refractivity contribution in [3.63, 3.8) is 0 Å². The van der Waals surface area contributed by atoms with Crippen LogP contribution in [0.5, 0.6) is 0 Å². The normalized spacial score (nSPS) is 13.6. The van der Waals surface area contributed by atoms with Gasteiger partial charge in [-0.05, 0) is 24.3 Å². The first kappa shape index (κ1) is 15.3. The van der Waals surface area contributed by atoms with E-state index in [-0.39, 0.29) is 11.5 Å². The van der Waals surface area contributed by atoms with Crippen molar-refractivity contribution < 1.29 is 23.3 Å². The summed E-state index contributed by atoms with van der Waals surface area (Å²) < 4.78 is 24.2. The van der Waals surface area contributed by atoms with Crippen LogP contribution in [0.3, 0.4) is 0 Å². The number of carboxylic acid groups (broad SMARTS) is 1. The zero-order valence-electron chi connectivity index (χ0n) is 10.3. The molecule has 7 heteroatoms. The maximum Gasteiger partial charge on any atom is 0.307 e. The quantitative estimate of drug-likeness (QED) is 0.824. The Morgan fingerprint density at radius 1 is 1.37 bits per heavy atom. The van der Waals surface area contributed by atoms with Gasteiger partial charge in [0.2, 0.25) is 5.91 Å². The second kappa shape index (κ2) is 6.98. The van der Waals surface area contributed by atoms with Crippen molar-refractivity contribution in [3.8, 4) is 0 Å². The van der Waals surface area contributed by atoms with Crippen LogP contribution in [0.1, 0.15) is 6.92 Å². The molecule has 0 aliphatic rings. The minimum atomic E-state index is -1.55. The maximum absolute atomic E-state index is 12.6. The van der Waals surface area contributed by atoms with Crippen molar-refractivity contribution >= 4 is 28.4 Å².